The maximum atomic E-state index is 13.4. The van der Waals surface area contributed by atoms with Crippen LogP contribution in [0.3, 0.4) is 0 Å². The highest BCUT2D eigenvalue weighted by Crippen LogP contribution is 2.34. The van der Waals surface area contributed by atoms with Crippen molar-refractivity contribution in [2.24, 2.45) is 0 Å². The summed E-state index contributed by atoms with van der Waals surface area (Å²) in [6.07, 6.45) is -3.75. The van der Waals surface area contributed by atoms with E-state index in [2.05, 4.69) is 0 Å². The van der Waals surface area contributed by atoms with Crippen molar-refractivity contribution < 1.29 is 22.4 Å². The summed E-state index contributed by atoms with van der Waals surface area (Å²) >= 11 is 0. The Morgan fingerprint density at radius 3 is 2.47 bits per heavy atom. The molecule has 2 nitrogen and oxygen atoms in total. The molecule has 0 aromatic heterocycles. The third kappa shape index (κ3) is 2.25. The van der Waals surface area contributed by atoms with Crippen molar-refractivity contribution in [1.82, 2.24) is 0 Å². The average Bonchev–Trinajstić information content (AvgIpc) is 2.63. The number of anilines is 1. The summed E-state index contributed by atoms with van der Waals surface area (Å²) in [6.45, 7) is 0.261. The van der Waals surface area contributed by atoms with Crippen LogP contribution in [0.4, 0.5) is 23.2 Å². The molecule has 1 fully saturated rings. The van der Waals surface area contributed by atoms with E-state index in [-0.39, 0.29) is 24.6 Å². The second-order valence-corrected chi connectivity index (χ2v) is 3.81. The van der Waals surface area contributed by atoms with Gasteiger partial charge in [-0.3, -0.25) is 4.79 Å². The number of carbonyl (C=O) groups is 1. The van der Waals surface area contributed by atoms with Crippen LogP contribution in [-0.4, -0.2) is 12.5 Å². The van der Waals surface area contributed by atoms with Gasteiger partial charge in [0.25, 0.3) is 0 Å². The van der Waals surface area contributed by atoms with Crippen LogP contribution in [0.2, 0.25) is 0 Å². The number of carbonyl (C=O) groups excluding carboxylic acids is 1. The smallest absolute Gasteiger partial charge is 0.310 e. The number of hydrogen-bond acceptors (Lipinski definition) is 1. The molecule has 0 saturated carbocycles. The third-order valence-electron chi connectivity index (χ3n) is 2.64. The minimum atomic E-state index is -4.54. The van der Waals surface area contributed by atoms with E-state index in [1.807, 2.05) is 0 Å². The summed E-state index contributed by atoms with van der Waals surface area (Å²) in [5.41, 5.74) is -1.24. The number of rotatable bonds is 1. The van der Waals surface area contributed by atoms with E-state index in [0.29, 0.717) is 18.6 Å². The number of amides is 1. The lowest BCUT2D eigenvalue weighted by molar-refractivity contribution is -0.137. The van der Waals surface area contributed by atoms with Crippen LogP contribution in [0.25, 0.3) is 0 Å². The lowest BCUT2D eigenvalue weighted by Crippen LogP contribution is -2.25. The second kappa shape index (κ2) is 4.01. The number of halogens is 4. The highest BCUT2D eigenvalue weighted by Gasteiger charge is 2.33. The molecule has 1 saturated heterocycles. The van der Waals surface area contributed by atoms with Gasteiger partial charge in [-0.05, 0) is 24.6 Å². The van der Waals surface area contributed by atoms with Crippen molar-refractivity contribution >= 4 is 11.6 Å². The van der Waals surface area contributed by atoms with Gasteiger partial charge in [0.15, 0.2) is 0 Å². The van der Waals surface area contributed by atoms with Crippen LogP contribution >= 0.6 is 0 Å². The molecule has 6 heteroatoms. The molecule has 1 heterocycles. The van der Waals surface area contributed by atoms with Gasteiger partial charge in [0.05, 0.1) is 11.3 Å². The van der Waals surface area contributed by atoms with E-state index >= 15 is 0 Å². The first-order valence-electron chi connectivity index (χ1n) is 5.07. The van der Waals surface area contributed by atoms with Crippen molar-refractivity contribution in [2.45, 2.75) is 19.0 Å². The van der Waals surface area contributed by atoms with Crippen molar-refractivity contribution in [1.29, 1.82) is 0 Å². The molecule has 1 aromatic rings. The van der Waals surface area contributed by atoms with Gasteiger partial charge < -0.3 is 4.90 Å². The van der Waals surface area contributed by atoms with Crippen molar-refractivity contribution in [2.75, 3.05) is 11.4 Å². The molecule has 1 aliphatic heterocycles. The second-order valence-electron chi connectivity index (χ2n) is 3.81. The quantitative estimate of drug-likeness (QED) is 0.698. The first-order valence-corrected chi connectivity index (χ1v) is 5.07. The Morgan fingerprint density at radius 2 is 1.94 bits per heavy atom. The normalized spacial score (nSPS) is 16.7. The molecular formula is C11H9F4NO. The van der Waals surface area contributed by atoms with Gasteiger partial charge in [0, 0.05) is 13.0 Å². The zero-order chi connectivity index (χ0) is 12.6. The summed E-state index contributed by atoms with van der Waals surface area (Å²) in [5.74, 6) is -1.16. The summed E-state index contributed by atoms with van der Waals surface area (Å²) in [4.78, 5) is 12.4. The molecule has 1 aromatic carbocycles. The summed E-state index contributed by atoms with van der Waals surface area (Å²) < 4.78 is 50.8. The largest absolute Gasteiger partial charge is 0.416 e. The fourth-order valence-corrected chi connectivity index (χ4v) is 1.80. The van der Waals surface area contributed by atoms with E-state index in [1.54, 1.807) is 0 Å². The van der Waals surface area contributed by atoms with Gasteiger partial charge in [0.2, 0.25) is 5.91 Å². The average molecular weight is 247 g/mol. The first kappa shape index (κ1) is 11.9. The van der Waals surface area contributed by atoms with Gasteiger partial charge in [-0.25, -0.2) is 4.39 Å². The van der Waals surface area contributed by atoms with Crippen LogP contribution in [0.15, 0.2) is 18.2 Å². The summed E-state index contributed by atoms with van der Waals surface area (Å²) in [7, 11) is 0. The SMILES string of the molecule is O=C1CCCN1c1cc(C(F)(F)F)ccc1F. The molecule has 0 unspecified atom stereocenters. The molecule has 0 N–H and O–H groups in total. The van der Waals surface area contributed by atoms with Crippen LogP contribution in [-0.2, 0) is 11.0 Å². The Labute approximate surface area is 94.8 Å². The Morgan fingerprint density at radius 1 is 1.24 bits per heavy atom. The van der Waals surface area contributed by atoms with E-state index in [9.17, 15) is 22.4 Å². The molecule has 0 radical (unpaired) electrons. The highest BCUT2D eigenvalue weighted by molar-refractivity contribution is 5.95. The van der Waals surface area contributed by atoms with Gasteiger partial charge in [-0.2, -0.15) is 13.2 Å². The van der Waals surface area contributed by atoms with Crippen LogP contribution in [0.5, 0.6) is 0 Å². The maximum absolute atomic E-state index is 13.4. The monoisotopic (exact) mass is 247 g/mol. The molecule has 1 aliphatic rings. The molecule has 17 heavy (non-hydrogen) atoms. The van der Waals surface area contributed by atoms with Gasteiger partial charge in [-0.1, -0.05) is 0 Å². The minimum absolute atomic E-state index is 0.246. The van der Waals surface area contributed by atoms with Gasteiger partial charge in [-0.15, -0.1) is 0 Å². The Balaban J connectivity index is 2.42. The predicted molar refractivity (Wildman–Crippen MR) is 53.0 cm³/mol. The van der Waals surface area contributed by atoms with Crippen LogP contribution < -0.4 is 4.90 Å². The van der Waals surface area contributed by atoms with E-state index in [0.717, 1.165) is 11.0 Å². The molecule has 0 aliphatic carbocycles. The van der Waals surface area contributed by atoms with E-state index in [4.69, 9.17) is 0 Å². The van der Waals surface area contributed by atoms with E-state index < -0.39 is 17.6 Å². The Bertz CT molecular complexity index is 455. The molecule has 0 spiro atoms. The maximum Gasteiger partial charge on any atom is 0.416 e. The van der Waals surface area contributed by atoms with Crippen LogP contribution in [0.1, 0.15) is 18.4 Å². The third-order valence-corrected chi connectivity index (χ3v) is 2.64. The fourth-order valence-electron chi connectivity index (χ4n) is 1.80. The number of benzene rings is 1. The molecule has 1 amide bonds. The molecule has 0 atom stereocenters. The standard InChI is InChI=1S/C11H9F4NO/c12-8-4-3-7(11(13,14)15)6-9(8)16-5-1-2-10(16)17/h3-4,6H,1-2,5H2. The molecular weight excluding hydrogens is 238 g/mol. The Kier molecular flexibility index (Phi) is 2.81. The van der Waals surface area contributed by atoms with Gasteiger partial charge in [0.1, 0.15) is 5.82 Å². The predicted octanol–water partition coefficient (Wildman–Crippen LogP) is 2.97. The Hall–Kier alpha value is -1.59. The minimum Gasteiger partial charge on any atom is -0.310 e. The zero-order valence-electron chi connectivity index (χ0n) is 8.72. The summed E-state index contributed by atoms with van der Waals surface area (Å²) in [6, 6.07) is 2.09. The number of alkyl halides is 3. The molecule has 2 rings (SSSR count). The summed E-state index contributed by atoms with van der Waals surface area (Å²) in [5, 5.41) is 0. The van der Waals surface area contributed by atoms with Crippen molar-refractivity contribution in [3.63, 3.8) is 0 Å². The van der Waals surface area contributed by atoms with Crippen LogP contribution in [0, 0.1) is 5.82 Å². The first-order chi connectivity index (χ1) is 7.89. The zero-order valence-corrected chi connectivity index (χ0v) is 8.72. The fraction of sp³-hybridized carbons (Fsp3) is 0.364. The highest BCUT2D eigenvalue weighted by atomic mass is 19.4. The van der Waals surface area contributed by atoms with Gasteiger partial charge >= 0.3 is 6.18 Å². The molecule has 92 valence electrons. The van der Waals surface area contributed by atoms with E-state index in [1.165, 1.54) is 0 Å². The number of hydrogen-bond donors (Lipinski definition) is 0. The van der Waals surface area contributed by atoms with Crippen molar-refractivity contribution in [3.05, 3.63) is 29.6 Å². The lowest BCUT2D eigenvalue weighted by Gasteiger charge is -2.18. The lowest BCUT2D eigenvalue weighted by atomic mass is 10.1. The van der Waals surface area contributed by atoms with Crippen molar-refractivity contribution in [3.8, 4) is 0 Å². The molecule has 0 bridgehead atoms. The topological polar surface area (TPSA) is 20.3 Å². The number of nitrogens with zero attached hydrogens (tertiary/aromatic N) is 1.